The summed E-state index contributed by atoms with van der Waals surface area (Å²) in [6.07, 6.45) is -0.116. The van der Waals surface area contributed by atoms with Crippen molar-refractivity contribution in [2.45, 2.75) is 24.8 Å². The first-order valence-electron chi connectivity index (χ1n) is 10.2. The van der Waals surface area contributed by atoms with Crippen LogP contribution in [-0.4, -0.2) is 34.1 Å². The van der Waals surface area contributed by atoms with E-state index in [2.05, 4.69) is 5.32 Å². The largest absolute Gasteiger partial charge is 0.497 e. The fourth-order valence-electron chi connectivity index (χ4n) is 3.04. The molecule has 0 aromatic heterocycles. The molecule has 1 N–H and O–H groups in total. The van der Waals surface area contributed by atoms with Crippen LogP contribution in [0, 0.1) is 5.82 Å². The summed E-state index contributed by atoms with van der Waals surface area (Å²) in [6.45, 7) is 3.18. The maximum Gasteiger partial charge on any atom is 0.264 e. The molecule has 0 saturated heterocycles. The van der Waals surface area contributed by atoms with Crippen molar-refractivity contribution in [3.8, 4) is 11.5 Å². The lowest BCUT2D eigenvalue weighted by Crippen LogP contribution is -2.38. The molecule has 0 radical (unpaired) electrons. The minimum atomic E-state index is -4.15. The normalized spacial score (nSPS) is 11.2. The summed E-state index contributed by atoms with van der Waals surface area (Å²) in [5.41, 5.74) is 0.561. The van der Waals surface area contributed by atoms with Gasteiger partial charge in [-0.2, -0.15) is 0 Å². The number of methoxy groups -OCH3 is 1. The maximum absolute atomic E-state index is 13.5. The van der Waals surface area contributed by atoms with Crippen LogP contribution >= 0.6 is 0 Å². The van der Waals surface area contributed by atoms with Gasteiger partial charge in [-0.25, -0.2) is 12.8 Å². The molecule has 33 heavy (non-hydrogen) atoms. The zero-order valence-corrected chi connectivity index (χ0v) is 19.3. The SMILES string of the molecule is COc1ccc(S(=O)(=O)N(CC(=O)Nc2ccccc2OC(C)C)c2ccc(F)cc2)cc1. The van der Waals surface area contributed by atoms with Gasteiger partial charge in [0.2, 0.25) is 5.91 Å². The number of rotatable bonds is 9. The highest BCUT2D eigenvalue weighted by Crippen LogP contribution is 2.27. The van der Waals surface area contributed by atoms with Crippen LogP contribution in [0.3, 0.4) is 0 Å². The molecule has 0 aliphatic heterocycles. The number of anilines is 2. The van der Waals surface area contributed by atoms with Crippen molar-refractivity contribution in [2.75, 3.05) is 23.3 Å². The van der Waals surface area contributed by atoms with Crippen LogP contribution in [0.1, 0.15) is 13.8 Å². The van der Waals surface area contributed by atoms with Gasteiger partial charge < -0.3 is 14.8 Å². The van der Waals surface area contributed by atoms with E-state index in [0.29, 0.717) is 17.2 Å². The number of nitrogens with one attached hydrogen (secondary N) is 1. The van der Waals surface area contributed by atoms with Crippen molar-refractivity contribution in [3.05, 3.63) is 78.6 Å². The van der Waals surface area contributed by atoms with Crippen molar-refractivity contribution in [1.82, 2.24) is 0 Å². The number of para-hydroxylation sites is 2. The highest BCUT2D eigenvalue weighted by Gasteiger charge is 2.27. The fraction of sp³-hybridized carbons (Fsp3) is 0.208. The van der Waals surface area contributed by atoms with Gasteiger partial charge in [-0.1, -0.05) is 12.1 Å². The van der Waals surface area contributed by atoms with E-state index in [-0.39, 0.29) is 16.7 Å². The van der Waals surface area contributed by atoms with E-state index in [1.165, 1.54) is 43.5 Å². The Morgan fingerprint density at radius 1 is 1.00 bits per heavy atom. The second-order valence-electron chi connectivity index (χ2n) is 7.37. The monoisotopic (exact) mass is 472 g/mol. The van der Waals surface area contributed by atoms with Gasteiger partial charge in [-0.15, -0.1) is 0 Å². The van der Waals surface area contributed by atoms with Gasteiger partial charge >= 0.3 is 0 Å². The number of hydrogen-bond donors (Lipinski definition) is 1. The van der Waals surface area contributed by atoms with E-state index in [9.17, 15) is 17.6 Å². The Kier molecular flexibility index (Phi) is 7.55. The second kappa shape index (κ2) is 10.4. The maximum atomic E-state index is 13.5. The summed E-state index contributed by atoms with van der Waals surface area (Å²) in [5.74, 6) is -0.157. The summed E-state index contributed by atoms with van der Waals surface area (Å²) in [4.78, 5) is 12.9. The molecule has 3 aromatic rings. The predicted octanol–water partition coefficient (Wildman–Crippen LogP) is 4.46. The summed E-state index contributed by atoms with van der Waals surface area (Å²) in [5, 5.41) is 2.71. The van der Waals surface area contributed by atoms with Crippen LogP contribution in [0.2, 0.25) is 0 Å². The first kappa shape index (κ1) is 24.1. The number of nitrogens with zero attached hydrogens (tertiary/aromatic N) is 1. The first-order chi connectivity index (χ1) is 15.7. The molecule has 0 fully saturated rings. The molecule has 0 saturated carbocycles. The standard InChI is InChI=1S/C24H25FN2O5S/c1-17(2)32-23-7-5-4-6-22(23)26-24(28)16-27(19-10-8-18(25)9-11-19)33(29,30)21-14-12-20(31-3)13-15-21/h4-15,17H,16H2,1-3H3,(H,26,28). The van der Waals surface area contributed by atoms with Crippen molar-refractivity contribution in [3.63, 3.8) is 0 Å². The molecule has 0 unspecified atom stereocenters. The van der Waals surface area contributed by atoms with Crippen LogP contribution in [0.5, 0.6) is 11.5 Å². The predicted molar refractivity (Wildman–Crippen MR) is 125 cm³/mol. The molecule has 7 nitrogen and oxygen atoms in total. The number of ether oxygens (including phenoxy) is 2. The molecule has 3 rings (SSSR count). The highest BCUT2D eigenvalue weighted by molar-refractivity contribution is 7.92. The smallest absolute Gasteiger partial charge is 0.264 e. The van der Waals surface area contributed by atoms with Gasteiger partial charge in [-0.3, -0.25) is 9.10 Å². The molecule has 3 aromatic carbocycles. The second-order valence-corrected chi connectivity index (χ2v) is 9.24. The third-order valence-corrected chi connectivity index (χ3v) is 6.36. The van der Waals surface area contributed by atoms with E-state index < -0.39 is 28.3 Å². The molecule has 174 valence electrons. The molecule has 0 atom stereocenters. The first-order valence-corrected chi connectivity index (χ1v) is 11.6. The number of carbonyl (C=O) groups excluding carboxylic acids is 1. The lowest BCUT2D eigenvalue weighted by Gasteiger charge is -2.24. The number of halogens is 1. The zero-order valence-electron chi connectivity index (χ0n) is 18.5. The van der Waals surface area contributed by atoms with Gasteiger partial charge in [0.15, 0.2) is 0 Å². The van der Waals surface area contributed by atoms with Crippen molar-refractivity contribution >= 4 is 27.3 Å². The molecule has 9 heteroatoms. The van der Waals surface area contributed by atoms with E-state index in [4.69, 9.17) is 9.47 Å². The van der Waals surface area contributed by atoms with Crippen LogP contribution in [0.15, 0.2) is 77.7 Å². The molecule has 0 spiro atoms. The van der Waals surface area contributed by atoms with Gasteiger partial charge in [0.1, 0.15) is 23.9 Å². The molecular formula is C24H25FN2O5S. The lowest BCUT2D eigenvalue weighted by molar-refractivity contribution is -0.114. The zero-order chi connectivity index (χ0) is 24.0. The molecule has 0 aliphatic carbocycles. The average Bonchev–Trinajstić information content (AvgIpc) is 2.79. The van der Waals surface area contributed by atoms with Gasteiger partial charge in [0.25, 0.3) is 10.0 Å². The van der Waals surface area contributed by atoms with Crippen LogP contribution in [0.4, 0.5) is 15.8 Å². The van der Waals surface area contributed by atoms with E-state index in [1.807, 2.05) is 13.8 Å². The van der Waals surface area contributed by atoms with Crippen molar-refractivity contribution in [2.24, 2.45) is 0 Å². The Labute approximate surface area is 192 Å². The number of amides is 1. The summed E-state index contributed by atoms with van der Waals surface area (Å²) in [6, 6.07) is 17.5. The fourth-order valence-corrected chi connectivity index (χ4v) is 4.47. The van der Waals surface area contributed by atoms with E-state index in [1.54, 1.807) is 24.3 Å². The number of benzene rings is 3. The van der Waals surface area contributed by atoms with E-state index in [0.717, 1.165) is 16.4 Å². The van der Waals surface area contributed by atoms with Crippen molar-refractivity contribution in [1.29, 1.82) is 0 Å². The summed E-state index contributed by atoms with van der Waals surface area (Å²) >= 11 is 0. The average molecular weight is 473 g/mol. The topological polar surface area (TPSA) is 84.9 Å². The van der Waals surface area contributed by atoms with Gasteiger partial charge in [-0.05, 0) is 74.5 Å². The molecular weight excluding hydrogens is 447 g/mol. The minimum absolute atomic E-state index is 0.0380. The number of sulfonamides is 1. The van der Waals surface area contributed by atoms with Crippen LogP contribution in [-0.2, 0) is 14.8 Å². The molecule has 1 amide bonds. The third kappa shape index (κ3) is 6.01. The number of carbonyl (C=O) groups is 1. The lowest BCUT2D eigenvalue weighted by atomic mass is 10.2. The van der Waals surface area contributed by atoms with Crippen LogP contribution in [0.25, 0.3) is 0 Å². The Balaban J connectivity index is 1.92. The van der Waals surface area contributed by atoms with Gasteiger partial charge in [0.05, 0.1) is 29.5 Å². The number of hydrogen-bond acceptors (Lipinski definition) is 5. The third-order valence-electron chi connectivity index (χ3n) is 4.57. The Hall–Kier alpha value is -3.59. The molecule has 0 bridgehead atoms. The summed E-state index contributed by atoms with van der Waals surface area (Å²) in [7, 11) is -2.67. The summed E-state index contributed by atoms with van der Waals surface area (Å²) < 4.78 is 52.0. The molecule has 0 aliphatic rings. The van der Waals surface area contributed by atoms with Crippen molar-refractivity contribution < 1.29 is 27.1 Å². The minimum Gasteiger partial charge on any atom is -0.497 e. The van der Waals surface area contributed by atoms with Crippen LogP contribution < -0.4 is 19.1 Å². The Morgan fingerprint density at radius 2 is 1.64 bits per heavy atom. The van der Waals surface area contributed by atoms with E-state index >= 15 is 0 Å². The Bertz CT molecular complexity index is 1200. The molecule has 0 heterocycles. The Morgan fingerprint density at radius 3 is 2.24 bits per heavy atom. The van der Waals surface area contributed by atoms with Gasteiger partial charge in [0, 0.05) is 0 Å². The highest BCUT2D eigenvalue weighted by atomic mass is 32.2. The quantitative estimate of drug-likeness (QED) is 0.497.